The fourth-order valence-corrected chi connectivity index (χ4v) is 3.13. The molecule has 21 heavy (non-hydrogen) atoms. The van der Waals surface area contributed by atoms with E-state index in [4.69, 9.17) is 11.6 Å². The molecule has 0 amide bonds. The van der Waals surface area contributed by atoms with Gasteiger partial charge in [0, 0.05) is 11.9 Å². The van der Waals surface area contributed by atoms with Gasteiger partial charge in [-0.3, -0.25) is 4.79 Å². The van der Waals surface area contributed by atoms with Crippen molar-refractivity contribution in [2.75, 3.05) is 0 Å². The maximum Gasteiger partial charge on any atom is 0.153 e. The highest BCUT2D eigenvalue weighted by atomic mass is 35.5. The van der Waals surface area contributed by atoms with E-state index in [1.54, 1.807) is 0 Å². The molecule has 0 N–H and O–H groups in total. The van der Waals surface area contributed by atoms with Crippen LogP contribution in [0, 0.1) is 13.8 Å². The number of hydrogen-bond donors (Lipinski definition) is 0. The third-order valence-electron chi connectivity index (χ3n) is 3.80. The van der Waals surface area contributed by atoms with Crippen LogP contribution in [0.5, 0.6) is 0 Å². The van der Waals surface area contributed by atoms with Crippen LogP contribution in [0.3, 0.4) is 0 Å². The zero-order valence-corrected chi connectivity index (χ0v) is 12.8. The minimum Gasteiger partial charge on any atom is -0.326 e. The predicted octanol–water partition coefficient (Wildman–Crippen LogP) is 4.77. The van der Waals surface area contributed by atoms with Gasteiger partial charge in [-0.15, -0.1) is 0 Å². The van der Waals surface area contributed by atoms with Crippen LogP contribution in [0.25, 0.3) is 10.9 Å². The number of carbonyl (C=O) groups excluding carboxylic acids is 1. The lowest BCUT2D eigenvalue weighted by Gasteiger charge is -2.10. The third kappa shape index (κ3) is 2.36. The average Bonchev–Trinajstić information content (AvgIpc) is 2.72. The quantitative estimate of drug-likeness (QED) is 0.638. The highest BCUT2D eigenvalue weighted by molar-refractivity contribution is 6.34. The molecule has 0 fully saturated rings. The summed E-state index contributed by atoms with van der Waals surface area (Å²) in [7, 11) is 0. The second-order valence-electron chi connectivity index (χ2n) is 5.37. The Labute approximate surface area is 129 Å². The highest BCUT2D eigenvalue weighted by Crippen LogP contribution is 2.31. The van der Waals surface area contributed by atoms with E-state index in [2.05, 4.69) is 25.1 Å². The predicted molar refractivity (Wildman–Crippen MR) is 87.4 cm³/mol. The van der Waals surface area contributed by atoms with Gasteiger partial charge in [0.15, 0.2) is 6.29 Å². The standard InChI is InChI=1S/C18H16ClNO/c1-12-5-3-7-14(9-12)10-20-17-13(2)6-4-8-15(17)16(11-21)18(20)19/h3-9,11H,10H2,1-2H3. The van der Waals surface area contributed by atoms with Crippen LogP contribution >= 0.6 is 11.6 Å². The summed E-state index contributed by atoms with van der Waals surface area (Å²) in [6, 6.07) is 14.3. The summed E-state index contributed by atoms with van der Waals surface area (Å²) in [5.74, 6) is 0. The number of hydrogen-bond acceptors (Lipinski definition) is 1. The van der Waals surface area contributed by atoms with Gasteiger partial charge >= 0.3 is 0 Å². The van der Waals surface area contributed by atoms with E-state index < -0.39 is 0 Å². The highest BCUT2D eigenvalue weighted by Gasteiger charge is 2.16. The lowest BCUT2D eigenvalue weighted by molar-refractivity contribution is 0.112. The molecule has 3 rings (SSSR count). The molecule has 0 saturated heterocycles. The van der Waals surface area contributed by atoms with Crippen LogP contribution in [-0.4, -0.2) is 10.9 Å². The van der Waals surface area contributed by atoms with Gasteiger partial charge in [0.05, 0.1) is 11.1 Å². The van der Waals surface area contributed by atoms with Gasteiger partial charge in [-0.2, -0.15) is 0 Å². The number of para-hydroxylation sites is 1. The first-order valence-electron chi connectivity index (χ1n) is 6.90. The van der Waals surface area contributed by atoms with Gasteiger partial charge in [0.2, 0.25) is 0 Å². The van der Waals surface area contributed by atoms with Crippen molar-refractivity contribution < 1.29 is 4.79 Å². The smallest absolute Gasteiger partial charge is 0.153 e. The molecule has 0 radical (unpaired) electrons. The minimum atomic E-state index is 0.510. The number of fused-ring (bicyclic) bond motifs is 1. The number of rotatable bonds is 3. The summed E-state index contributed by atoms with van der Waals surface area (Å²) in [5.41, 5.74) is 5.12. The molecule has 106 valence electrons. The maximum absolute atomic E-state index is 11.4. The van der Waals surface area contributed by atoms with E-state index >= 15 is 0 Å². The Bertz CT molecular complexity index is 833. The summed E-state index contributed by atoms with van der Waals surface area (Å²) >= 11 is 6.45. The Morgan fingerprint density at radius 2 is 1.90 bits per heavy atom. The van der Waals surface area contributed by atoms with E-state index in [0.29, 0.717) is 17.3 Å². The molecule has 0 aliphatic carbocycles. The zero-order valence-electron chi connectivity index (χ0n) is 12.1. The first-order valence-corrected chi connectivity index (χ1v) is 7.27. The first kappa shape index (κ1) is 13.9. The number of aromatic nitrogens is 1. The van der Waals surface area contributed by atoms with Crippen molar-refractivity contribution in [1.82, 2.24) is 4.57 Å². The van der Waals surface area contributed by atoms with Crippen LogP contribution in [-0.2, 0) is 6.54 Å². The van der Waals surface area contributed by atoms with Crippen molar-refractivity contribution >= 4 is 28.8 Å². The molecular formula is C18H16ClNO. The van der Waals surface area contributed by atoms with Gasteiger partial charge in [0.25, 0.3) is 0 Å². The summed E-state index contributed by atoms with van der Waals surface area (Å²) < 4.78 is 2.02. The van der Waals surface area contributed by atoms with Crippen molar-refractivity contribution in [1.29, 1.82) is 0 Å². The van der Waals surface area contributed by atoms with Crippen LogP contribution < -0.4 is 0 Å². The number of carbonyl (C=O) groups is 1. The van der Waals surface area contributed by atoms with Crippen molar-refractivity contribution in [2.45, 2.75) is 20.4 Å². The Morgan fingerprint density at radius 1 is 1.14 bits per heavy atom. The Morgan fingerprint density at radius 3 is 2.62 bits per heavy atom. The molecule has 0 spiro atoms. The molecule has 0 atom stereocenters. The molecule has 0 unspecified atom stereocenters. The van der Waals surface area contributed by atoms with Crippen LogP contribution in [0.2, 0.25) is 5.15 Å². The van der Waals surface area contributed by atoms with Gasteiger partial charge in [-0.05, 0) is 25.0 Å². The molecule has 0 aliphatic rings. The summed E-state index contributed by atoms with van der Waals surface area (Å²) in [4.78, 5) is 11.4. The fraction of sp³-hybridized carbons (Fsp3) is 0.167. The zero-order chi connectivity index (χ0) is 15.0. The van der Waals surface area contributed by atoms with Crippen molar-refractivity contribution in [3.63, 3.8) is 0 Å². The normalized spacial score (nSPS) is 11.0. The summed E-state index contributed by atoms with van der Waals surface area (Å²) in [5, 5.41) is 1.43. The third-order valence-corrected chi connectivity index (χ3v) is 4.21. The van der Waals surface area contributed by atoms with Gasteiger partial charge in [-0.1, -0.05) is 59.6 Å². The van der Waals surface area contributed by atoms with E-state index in [9.17, 15) is 4.79 Å². The molecule has 3 heteroatoms. The van der Waals surface area contributed by atoms with Gasteiger partial charge in [-0.25, -0.2) is 0 Å². The second-order valence-corrected chi connectivity index (χ2v) is 5.73. The van der Waals surface area contributed by atoms with E-state index in [1.807, 2.05) is 35.8 Å². The SMILES string of the molecule is Cc1cccc(Cn2c(Cl)c(C=O)c3cccc(C)c32)c1. The number of halogens is 1. The van der Waals surface area contributed by atoms with Crippen molar-refractivity contribution in [3.05, 3.63) is 69.9 Å². The topological polar surface area (TPSA) is 22.0 Å². The van der Waals surface area contributed by atoms with Crippen molar-refractivity contribution in [3.8, 4) is 0 Å². The molecule has 0 saturated carbocycles. The van der Waals surface area contributed by atoms with E-state index in [0.717, 1.165) is 22.8 Å². The monoisotopic (exact) mass is 297 g/mol. The Hall–Kier alpha value is -2.06. The number of benzene rings is 2. The lowest BCUT2D eigenvalue weighted by atomic mass is 10.1. The summed E-state index contributed by atoms with van der Waals surface area (Å²) in [6.45, 7) is 4.77. The molecular weight excluding hydrogens is 282 g/mol. The number of aldehydes is 1. The van der Waals surface area contributed by atoms with Crippen LogP contribution in [0.4, 0.5) is 0 Å². The molecule has 3 aromatic rings. The van der Waals surface area contributed by atoms with Crippen LogP contribution in [0.1, 0.15) is 27.0 Å². The van der Waals surface area contributed by atoms with E-state index in [1.165, 1.54) is 11.1 Å². The number of aryl methyl sites for hydroxylation is 2. The largest absolute Gasteiger partial charge is 0.326 e. The van der Waals surface area contributed by atoms with E-state index in [-0.39, 0.29) is 0 Å². The first-order chi connectivity index (χ1) is 10.1. The molecule has 0 bridgehead atoms. The molecule has 0 aliphatic heterocycles. The molecule has 2 aromatic carbocycles. The Kier molecular flexibility index (Phi) is 3.56. The Balaban J connectivity index is 2.22. The molecule has 2 nitrogen and oxygen atoms in total. The minimum absolute atomic E-state index is 0.510. The van der Waals surface area contributed by atoms with Gasteiger partial charge < -0.3 is 4.57 Å². The maximum atomic E-state index is 11.4. The number of nitrogens with zero attached hydrogens (tertiary/aromatic N) is 1. The second kappa shape index (κ2) is 5.38. The fourth-order valence-electron chi connectivity index (χ4n) is 2.84. The molecule has 1 aromatic heterocycles. The van der Waals surface area contributed by atoms with Crippen molar-refractivity contribution in [2.24, 2.45) is 0 Å². The lowest BCUT2D eigenvalue weighted by Crippen LogP contribution is -2.01. The molecule has 1 heterocycles. The average molecular weight is 298 g/mol. The summed E-state index contributed by atoms with van der Waals surface area (Å²) in [6.07, 6.45) is 0.844. The van der Waals surface area contributed by atoms with Crippen LogP contribution in [0.15, 0.2) is 42.5 Å². The van der Waals surface area contributed by atoms with Gasteiger partial charge in [0.1, 0.15) is 5.15 Å².